The van der Waals surface area contributed by atoms with Crippen LogP contribution < -0.4 is 0 Å². The van der Waals surface area contributed by atoms with E-state index < -0.39 is 0 Å². The molecule has 0 aromatic carbocycles. The van der Waals surface area contributed by atoms with Crippen molar-refractivity contribution in [1.29, 1.82) is 0 Å². The Bertz CT molecular complexity index is 302. The van der Waals surface area contributed by atoms with Crippen molar-refractivity contribution in [2.75, 3.05) is 0 Å². The fourth-order valence-electron chi connectivity index (χ4n) is 2.32. The molecule has 1 aliphatic rings. The lowest BCUT2D eigenvalue weighted by Crippen LogP contribution is -2.05. The monoisotopic (exact) mass is 306 g/mol. The Morgan fingerprint density at radius 3 is 2.47 bits per heavy atom. The third-order valence-corrected chi connectivity index (χ3v) is 6.16. The van der Waals surface area contributed by atoms with E-state index in [1.165, 1.54) is 43.4 Å². The van der Waals surface area contributed by atoms with Crippen molar-refractivity contribution in [3.8, 4) is 0 Å². The Balaban J connectivity index is 2.06. The molecule has 0 bridgehead atoms. The van der Waals surface area contributed by atoms with Crippen LogP contribution in [0.3, 0.4) is 0 Å². The van der Waals surface area contributed by atoms with Gasteiger partial charge in [-0.05, 0) is 30.2 Å². The maximum Gasteiger partial charge on any atom is 0.0556 e. The highest BCUT2D eigenvalue weighted by Gasteiger charge is 2.24. The zero-order valence-corrected chi connectivity index (χ0v) is 11.9. The van der Waals surface area contributed by atoms with Crippen LogP contribution in [0.5, 0.6) is 0 Å². The summed E-state index contributed by atoms with van der Waals surface area (Å²) in [5.74, 6) is 0.781. The van der Waals surface area contributed by atoms with Crippen LogP contribution >= 0.6 is 38.9 Å². The summed E-state index contributed by atoms with van der Waals surface area (Å²) in [6.45, 7) is 0. The van der Waals surface area contributed by atoms with Gasteiger partial charge in [0, 0.05) is 4.88 Å². The molecular weight excluding hydrogens is 292 g/mol. The first-order valence-electron chi connectivity index (χ1n) is 5.66. The number of hydrogen-bond donors (Lipinski definition) is 0. The van der Waals surface area contributed by atoms with Crippen LogP contribution in [0, 0.1) is 5.92 Å². The molecule has 1 aliphatic carbocycles. The highest BCUT2D eigenvalue weighted by Crippen LogP contribution is 2.43. The second-order valence-electron chi connectivity index (χ2n) is 4.29. The van der Waals surface area contributed by atoms with E-state index in [9.17, 15) is 0 Å². The highest BCUT2D eigenvalue weighted by molar-refractivity contribution is 9.09. The van der Waals surface area contributed by atoms with Crippen molar-refractivity contribution in [3.05, 3.63) is 21.3 Å². The Morgan fingerprint density at radius 2 is 1.93 bits per heavy atom. The second-order valence-corrected chi connectivity index (χ2v) is 6.63. The van der Waals surface area contributed by atoms with Crippen LogP contribution in [0.1, 0.15) is 48.2 Å². The zero-order valence-electron chi connectivity index (χ0n) is 8.72. The van der Waals surface area contributed by atoms with Gasteiger partial charge in [0.2, 0.25) is 0 Å². The first-order valence-corrected chi connectivity index (χ1v) is 7.83. The van der Waals surface area contributed by atoms with E-state index in [1.54, 1.807) is 11.3 Å². The van der Waals surface area contributed by atoms with E-state index in [0.717, 1.165) is 10.9 Å². The minimum absolute atomic E-state index is 0.475. The predicted molar refractivity (Wildman–Crippen MR) is 72.2 cm³/mol. The van der Waals surface area contributed by atoms with E-state index in [1.807, 2.05) is 6.07 Å². The van der Waals surface area contributed by atoms with E-state index >= 15 is 0 Å². The molecule has 1 atom stereocenters. The lowest BCUT2D eigenvalue weighted by Gasteiger charge is -2.20. The SMILES string of the molecule is Clc1ccsc1C(Br)C1CCCCCC1. The Labute approximate surface area is 109 Å². The summed E-state index contributed by atoms with van der Waals surface area (Å²) < 4.78 is 0. The molecular formula is C12H16BrClS. The maximum absolute atomic E-state index is 6.18. The van der Waals surface area contributed by atoms with E-state index in [2.05, 4.69) is 21.3 Å². The van der Waals surface area contributed by atoms with Crippen molar-refractivity contribution >= 4 is 38.9 Å². The van der Waals surface area contributed by atoms with E-state index in [-0.39, 0.29) is 0 Å². The van der Waals surface area contributed by atoms with Crippen LogP contribution in [-0.2, 0) is 0 Å². The second kappa shape index (κ2) is 5.70. The van der Waals surface area contributed by atoms with Crippen LogP contribution in [0.4, 0.5) is 0 Å². The van der Waals surface area contributed by atoms with Crippen molar-refractivity contribution in [2.24, 2.45) is 5.92 Å². The number of thiophene rings is 1. The van der Waals surface area contributed by atoms with Crippen LogP contribution in [-0.4, -0.2) is 0 Å². The summed E-state index contributed by atoms with van der Waals surface area (Å²) in [7, 11) is 0. The molecule has 84 valence electrons. The lowest BCUT2D eigenvalue weighted by molar-refractivity contribution is 0.458. The summed E-state index contributed by atoms with van der Waals surface area (Å²) >= 11 is 11.8. The zero-order chi connectivity index (χ0) is 10.7. The minimum atomic E-state index is 0.475. The molecule has 1 saturated carbocycles. The first-order chi connectivity index (χ1) is 7.29. The first kappa shape index (κ1) is 11.9. The van der Waals surface area contributed by atoms with Crippen molar-refractivity contribution in [3.63, 3.8) is 0 Å². The number of hydrogen-bond acceptors (Lipinski definition) is 1. The summed E-state index contributed by atoms with van der Waals surface area (Å²) in [6, 6.07) is 2.01. The van der Waals surface area contributed by atoms with Gasteiger partial charge in [0.1, 0.15) is 0 Å². The largest absolute Gasteiger partial charge is 0.146 e. The van der Waals surface area contributed by atoms with Gasteiger partial charge in [0.15, 0.2) is 0 Å². The molecule has 0 radical (unpaired) electrons. The van der Waals surface area contributed by atoms with Gasteiger partial charge in [0.05, 0.1) is 9.85 Å². The fraction of sp³-hybridized carbons (Fsp3) is 0.667. The average molecular weight is 308 g/mol. The average Bonchev–Trinajstić information content (AvgIpc) is 2.53. The van der Waals surface area contributed by atoms with Gasteiger partial charge >= 0.3 is 0 Å². The number of rotatable bonds is 2. The molecule has 1 fully saturated rings. The summed E-state index contributed by atoms with van der Waals surface area (Å²) in [5, 5.41) is 3.02. The molecule has 3 heteroatoms. The van der Waals surface area contributed by atoms with Gasteiger partial charge < -0.3 is 0 Å². The quantitative estimate of drug-likeness (QED) is 0.478. The molecule has 0 spiro atoms. The number of halogens is 2. The third kappa shape index (κ3) is 2.98. The van der Waals surface area contributed by atoms with Gasteiger partial charge in [-0.2, -0.15) is 0 Å². The van der Waals surface area contributed by atoms with Gasteiger partial charge in [-0.25, -0.2) is 0 Å². The Kier molecular flexibility index (Phi) is 4.53. The van der Waals surface area contributed by atoms with Gasteiger partial charge in [-0.3, -0.25) is 0 Å². The molecule has 1 aromatic heterocycles. The van der Waals surface area contributed by atoms with Gasteiger partial charge in [-0.1, -0.05) is 53.2 Å². The number of alkyl halides is 1. The Hall–Kier alpha value is 0.470. The molecule has 0 N–H and O–H groups in total. The molecule has 1 aromatic rings. The topological polar surface area (TPSA) is 0 Å². The molecule has 1 heterocycles. The maximum atomic E-state index is 6.18. The van der Waals surface area contributed by atoms with Crippen molar-refractivity contribution < 1.29 is 0 Å². The van der Waals surface area contributed by atoms with Crippen LogP contribution in [0.2, 0.25) is 5.02 Å². The van der Waals surface area contributed by atoms with Crippen molar-refractivity contribution in [2.45, 2.75) is 43.4 Å². The molecule has 1 unspecified atom stereocenters. The summed E-state index contributed by atoms with van der Waals surface area (Å²) in [4.78, 5) is 1.80. The standard InChI is InChI=1S/C12H16BrClS/c13-11(12-10(14)7-8-15-12)9-5-3-1-2-4-6-9/h7-9,11H,1-6H2. The molecule has 0 saturated heterocycles. The third-order valence-electron chi connectivity index (χ3n) is 3.21. The molecule has 0 amide bonds. The smallest absolute Gasteiger partial charge is 0.0556 e. The molecule has 15 heavy (non-hydrogen) atoms. The summed E-state index contributed by atoms with van der Waals surface area (Å²) in [6.07, 6.45) is 8.29. The van der Waals surface area contributed by atoms with Crippen LogP contribution in [0.25, 0.3) is 0 Å². The predicted octanol–water partition coefficient (Wildman–Crippen LogP) is 5.81. The highest BCUT2D eigenvalue weighted by atomic mass is 79.9. The van der Waals surface area contributed by atoms with Gasteiger partial charge in [-0.15, -0.1) is 11.3 Å². The van der Waals surface area contributed by atoms with Crippen LogP contribution in [0.15, 0.2) is 11.4 Å². The molecule has 2 rings (SSSR count). The van der Waals surface area contributed by atoms with Crippen molar-refractivity contribution in [1.82, 2.24) is 0 Å². The van der Waals surface area contributed by atoms with E-state index in [0.29, 0.717) is 4.83 Å². The summed E-state index contributed by atoms with van der Waals surface area (Å²) in [5.41, 5.74) is 0. The van der Waals surface area contributed by atoms with E-state index in [4.69, 9.17) is 11.6 Å². The minimum Gasteiger partial charge on any atom is -0.146 e. The fourth-order valence-corrected chi connectivity index (χ4v) is 4.79. The normalized spacial score (nSPS) is 21.2. The Morgan fingerprint density at radius 1 is 1.27 bits per heavy atom. The molecule has 0 aliphatic heterocycles. The molecule has 0 nitrogen and oxygen atoms in total. The van der Waals surface area contributed by atoms with Gasteiger partial charge in [0.25, 0.3) is 0 Å². The lowest BCUT2D eigenvalue weighted by atomic mass is 9.96.